The van der Waals surface area contributed by atoms with Crippen LogP contribution in [0.25, 0.3) is 10.7 Å². The summed E-state index contributed by atoms with van der Waals surface area (Å²) >= 11 is 1.40. The van der Waals surface area contributed by atoms with E-state index < -0.39 is 0 Å². The molecule has 142 valence electrons. The summed E-state index contributed by atoms with van der Waals surface area (Å²) in [7, 11) is 0. The first-order valence-corrected chi connectivity index (χ1v) is 10.4. The largest absolute Gasteiger partial charge is 0.339 e. The van der Waals surface area contributed by atoms with Crippen molar-refractivity contribution in [2.75, 3.05) is 26.2 Å². The topological polar surface area (TPSA) is 66.4 Å². The Morgan fingerprint density at radius 2 is 1.78 bits per heavy atom. The standard InChI is InChI=1S/C20H24N4O2S/c1-14-17(27-18(22-14)16-8-4-5-9-21-16)20(26)24-12-10-23(11-13-24)19(25)15-6-2-3-7-15/h4-5,8-9,15H,2-3,6-7,10-13H2,1H3. The average Bonchev–Trinajstić information content (AvgIpc) is 3.38. The minimum atomic E-state index is 0.0140. The van der Waals surface area contributed by atoms with Crippen molar-refractivity contribution in [1.29, 1.82) is 0 Å². The van der Waals surface area contributed by atoms with Crippen LogP contribution in [0.4, 0.5) is 0 Å². The maximum absolute atomic E-state index is 13.0. The number of piperazine rings is 1. The summed E-state index contributed by atoms with van der Waals surface area (Å²) in [4.78, 5) is 38.9. The van der Waals surface area contributed by atoms with Crippen LogP contribution < -0.4 is 0 Å². The smallest absolute Gasteiger partial charge is 0.265 e. The highest BCUT2D eigenvalue weighted by molar-refractivity contribution is 7.17. The highest BCUT2D eigenvalue weighted by atomic mass is 32.1. The Morgan fingerprint density at radius 3 is 2.44 bits per heavy atom. The third-order valence-corrected chi connectivity index (χ3v) is 6.63. The molecule has 1 saturated heterocycles. The number of hydrogen-bond donors (Lipinski definition) is 0. The number of rotatable bonds is 3. The van der Waals surface area contributed by atoms with Gasteiger partial charge in [-0.1, -0.05) is 18.9 Å². The van der Waals surface area contributed by atoms with Crippen LogP contribution in [0.2, 0.25) is 0 Å². The number of thiazole rings is 1. The molecule has 27 heavy (non-hydrogen) atoms. The van der Waals surface area contributed by atoms with E-state index >= 15 is 0 Å². The van der Waals surface area contributed by atoms with Crippen LogP contribution in [-0.2, 0) is 4.79 Å². The van der Waals surface area contributed by atoms with Gasteiger partial charge in [0.25, 0.3) is 5.91 Å². The fourth-order valence-corrected chi connectivity index (χ4v) is 4.91. The molecule has 3 heterocycles. The van der Waals surface area contributed by atoms with Gasteiger partial charge in [0.2, 0.25) is 5.91 Å². The zero-order chi connectivity index (χ0) is 18.8. The molecule has 1 aliphatic carbocycles. The van der Waals surface area contributed by atoms with Gasteiger partial charge in [0.15, 0.2) is 0 Å². The Bertz CT molecular complexity index is 822. The van der Waals surface area contributed by atoms with Crippen molar-refractivity contribution in [2.24, 2.45) is 5.92 Å². The Balaban J connectivity index is 1.41. The second-order valence-corrected chi connectivity index (χ2v) is 8.25. The summed E-state index contributed by atoms with van der Waals surface area (Å²) in [6, 6.07) is 5.68. The first kappa shape index (κ1) is 18.1. The van der Waals surface area contributed by atoms with Crippen LogP contribution in [0, 0.1) is 12.8 Å². The van der Waals surface area contributed by atoms with Gasteiger partial charge in [0.05, 0.1) is 11.4 Å². The minimum Gasteiger partial charge on any atom is -0.339 e. The average molecular weight is 385 g/mol. The number of carbonyl (C=O) groups excluding carboxylic acids is 2. The Morgan fingerprint density at radius 1 is 1.07 bits per heavy atom. The van der Waals surface area contributed by atoms with Crippen molar-refractivity contribution in [3.63, 3.8) is 0 Å². The van der Waals surface area contributed by atoms with E-state index in [1.807, 2.05) is 34.9 Å². The highest BCUT2D eigenvalue weighted by Crippen LogP contribution is 2.29. The minimum absolute atomic E-state index is 0.0140. The van der Waals surface area contributed by atoms with E-state index in [0.29, 0.717) is 31.1 Å². The molecule has 0 N–H and O–H groups in total. The molecule has 2 fully saturated rings. The Hall–Kier alpha value is -2.28. The van der Waals surface area contributed by atoms with Crippen molar-refractivity contribution in [3.05, 3.63) is 35.0 Å². The van der Waals surface area contributed by atoms with E-state index in [1.165, 1.54) is 11.3 Å². The molecule has 0 atom stereocenters. The summed E-state index contributed by atoms with van der Waals surface area (Å²) < 4.78 is 0. The molecule has 2 aliphatic rings. The molecule has 0 radical (unpaired) electrons. The normalized spacial score (nSPS) is 18.1. The van der Waals surface area contributed by atoms with Crippen LogP contribution in [0.5, 0.6) is 0 Å². The van der Waals surface area contributed by atoms with Crippen molar-refractivity contribution >= 4 is 23.2 Å². The van der Waals surface area contributed by atoms with Gasteiger partial charge in [-0.3, -0.25) is 14.6 Å². The lowest BCUT2D eigenvalue weighted by molar-refractivity contribution is -0.136. The fraction of sp³-hybridized carbons (Fsp3) is 0.500. The van der Waals surface area contributed by atoms with Crippen LogP contribution in [0.3, 0.4) is 0 Å². The number of carbonyl (C=O) groups is 2. The van der Waals surface area contributed by atoms with Gasteiger partial charge in [-0.25, -0.2) is 4.98 Å². The molecule has 1 saturated carbocycles. The van der Waals surface area contributed by atoms with Crippen molar-refractivity contribution < 1.29 is 9.59 Å². The molecular formula is C20H24N4O2S. The number of pyridine rings is 1. The first-order valence-electron chi connectivity index (χ1n) is 9.60. The quantitative estimate of drug-likeness (QED) is 0.816. The number of amides is 2. The molecule has 0 spiro atoms. The number of aryl methyl sites for hydroxylation is 1. The van der Waals surface area contributed by atoms with Crippen LogP contribution in [0.15, 0.2) is 24.4 Å². The molecule has 2 aromatic heterocycles. The van der Waals surface area contributed by atoms with E-state index in [0.717, 1.165) is 42.1 Å². The fourth-order valence-electron chi connectivity index (χ4n) is 3.90. The third-order valence-electron chi connectivity index (χ3n) is 5.46. The van der Waals surface area contributed by atoms with Gasteiger partial charge in [-0.15, -0.1) is 11.3 Å². The third kappa shape index (κ3) is 3.74. The zero-order valence-corrected chi connectivity index (χ0v) is 16.4. The van der Waals surface area contributed by atoms with E-state index in [9.17, 15) is 9.59 Å². The SMILES string of the molecule is Cc1nc(-c2ccccn2)sc1C(=O)N1CCN(C(=O)C2CCCC2)CC1. The molecule has 6 nitrogen and oxygen atoms in total. The first-order chi connectivity index (χ1) is 13.1. The van der Waals surface area contributed by atoms with Gasteiger partial charge >= 0.3 is 0 Å². The van der Waals surface area contributed by atoms with E-state index in [-0.39, 0.29) is 17.7 Å². The van der Waals surface area contributed by atoms with Crippen LogP contribution in [0.1, 0.15) is 41.0 Å². The second kappa shape index (κ2) is 7.76. The lowest BCUT2D eigenvalue weighted by Gasteiger charge is -2.35. The zero-order valence-electron chi connectivity index (χ0n) is 15.6. The second-order valence-electron chi connectivity index (χ2n) is 7.25. The van der Waals surface area contributed by atoms with Gasteiger partial charge in [-0.2, -0.15) is 0 Å². The molecule has 2 amide bonds. The number of nitrogens with zero attached hydrogens (tertiary/aromatic N) is 4. The van der Waals surface area contributed by atoms with E-state index in [4.69, 9.17) is 0 Å². The maximum Gasteiger partial charge on any atom is 0.265 e. The summed E-state index contributed by atoms with van der Waals surface area (Å²) in [6.07, 6.45) is 6.10. The molecule has 0 unspecified atom stereocenters. The number of aromatic nitrogens is 2. The molecular weight excluding hydrogens is 360 g/mol. The molecule has 0 aromatic carbocycles. The highest BCUT2D eigenvalue weighted by Gasteiger charge is 2.31. The van der Waals surface area contributed by atoms with Gasteiger partial charge in [-0.05, 0) is 31.9 Å². The Labute approximate surface area is 163 Å². The number of hydrogen-bond acceptors (Lipinski definition) is 5. The molecule has 4 rings (SSSR count). The van der Waals surface area contributed by atoms with Crippen molar-refractivity contribution in [2.45, 2.75) is 32.6 Å². The summed E-state index contributed by atoms with van der Waals surface area (Å²) in [6.45, 7) is 4.31. The molecule has 1 aliphatic heterocycles. The summed E-state index contributed by atoms with van der Waals surface area (Å²) in [5.41, 5.74) is 1.53. The van der Waals surface area contributed by atoms with E-state index in [1.54, 1.807) is 6.20 Å². The summed E-state index contributed by atoms with van der Waals surface area (Å²) in [5, 5.41) is 0.770. The van der Waals surface area contributed by atoms with Crippen LogP contribution >= 0.6 is 11.3 Å². The predicted molar refractivity (Wildman–Crippen MR) is 105 cm³/mol. The summed E-state index contributed by atoms with van der Waals surface area (Å²) in [5.74, 6) is 0.503. The molecule has 2 aromatic rings. The lowest BCUT2D eigenvalue weighted by atomic mass is 10.1. The van der Waals surface area contributed by atoms with Crippen molar-refractivity contribution in [3.8, 4) is 10.7 Å². The lowest BCUT2D eigenvalue weighted by Crippen LogP contribution is -2.51. The van der Waals surface area contributed by atoms with E-state index in [2.05, 4.69) is 9.97 Å². The van der Waals surface area contributed by atoms with Gasteiger partial charge in [0, 0.05) is 38.3 Å². The Kier molecular flexibility index (Phi) is 5.20. The monoisotopic (exact) mass is 384 g/mol. The maximum atomic E-state index is 13.0. The van der Waals surface area contributed by atoms with Gasteiger partial charge in [0.1, 0.15) is 9.88 Å². The van der Waals surface area contributed by atoms with Gasteiger partial charge < -0.3 is 9.80 Å². The van der Waals surface area contributed by atoms with Crippen molar-refractivity contribution in [1.82, 2.24) is 19.8 Å². The predicted octanol–water partition coefficient (Wildman–Crippen LogP) is 2.99. The molecule has 7 heteroatoms. The van der Waals surface area contributed by atoms with Crippen LogP contribution in [-0.4, -0.2) is 57.8 Å². The molecule has 0 bridgehead atoms.